The molecule has 0 fully saturated rings. The molecule has 0 bridgehead atoms. The number of thioether (sulfide) groups is 1. The number of hydrogen-bond donors (Lipinski definition) is 0. The van der Waals surface area contributed by atoms with Crippen molar-refractivity contribution in [2.24, 2.45) is 0 Å². The molecule has 3 rings (SSSR count). The molecular formula is C17H9Cl3O3S. The van der Waals surface area contributed by atoms with Gasteiger partial charge in [0, 0.05) is 26.0 Å². The second-order valence-electron chi connectivity index (χ2n) is 4.67. The van der Waals surface area contributed by atoms with Crippen LogP contribution in [0.5, 0.6) is 11.7 Å². The highest BCUT2D eigenvalue weighted by Gasteiger charge is 2.14. The van der Waals surface area contributed by atoms with Crippen LogP contribution < -0.4 is 4.74 Å². The lowest BCUT2D eigenvalue weighted by Crippen LogP contribution is -1.90. The number of carbonyl (C=O) groups excluding carboxylic acids is 1. The molecule has 0 atom stereocenters. The normalized spacial score (nSPS) is 10.6. The molecule has 0 spiro atoms. The molecule has 24 heavy (non-hydrogen) atoms. The summed E-state index contributed by atoms with van der Waals surface area (Å²) in [5.41, 5.74) is 0. The highest BCUT2D eigenvalue weighted by Crippen LogP contribution is 2.31. The summed E-state index contributed by atoms with van der Waals surface area (Å²) in [6.07, 6.45) is 0. The van der Waals surface area contributed by atoms with Gasteiger partial charge in [-0.25, -0.2) is 0 Å². The number of carbonyl (C=O) groups is 1. The van der Waals surface area contributed by atoms with Gasteiger partial charge in [0.2, 0.25) is 0 Å². The van der Waals surface area contributed by atoms with Crippen molar-refractivity contribution in [3.63, 3.8) is 0 Å². The Morgan fingerprint density at radius 2 is 1.54 bits per heavy atom. The first-order chi connectivity index (χ1) is 11.5. The zero-order valence-electron chi connectivity index (χ0n) is 12.0. The Kier molecular flexibility index (Phi) is 5.41. The number of benzene rings is 2. The Labute approximate surface area is 157 Å². The molecule has 0 aliphatic rings. The molecule has 7 heteroatoms. The lowest BCUT2D eigenvalue weighted by atomic mass is 10.3. The van der Waals surface area contributed by atoms with Crippen LogP contribution in [0.4, 0.5) is 0 Å². The second kappa shape index (κ2) is 7.53. The van der Waals surface area contributed by atoms with Gasteiger partial charge in [-0.3, -0.25) is 4.79 Å². The smallest absolute Gasteiger partial charge is 0.290 e. The monoisotopic (exact) mass is 398 g/mol. The molecule has 122 valence electrons. The predicted molar refractivity (Wildman–Crippen MR) is 96.9 cm³/mol. The molecule has 0 unspecified atom stereocenters. The summed E-state index contributed by atoms with van der Waals surface area (Å²) >= 11 is 18.7. The minimum absolute atomic E-state index is 0.174. The van der Waals surface area contributed by atoms with Gasteiger partial charge in [0.25, 0.3) is 11.1 Å². The number of rotatable bonds is 4. The summed E-state index contributed by atoms with van der Waals surface area (Å²) in [5.74, 6) is 0.776. The maximum atomic E-state index is 12.2. The third kappa shape index (κ3) is 4.48. The zero-order valence-corrected chi connectivity index (χ0v) is 15.0. The molecule has 0 aliphatic heterocycles. The van der Waals surface area contributed by atoms with E-state index in [1.54, 1.807) is 54.6 Å². The maximum absolute atomic E-state index is 12.2. The number of hydrogen-bond acceptors (Lipinski definition) is 4. The quantitative estimate of drug-likeness (QED) is 0.444. The van der Waals surface area contributed by atoms with Gasteiger partial charge in [0.05, 0.1) is 0 Å². The Hall–Kier alpha value is -1.59. The van der Waals surface area contributed by atoms with Gasteiger partial charge in [-0.05, 0) is 60.3 Å². The summed E-state index contributed by atoms with van der Waals surface area (Å²) in [7, 11) is 0. The van der Waals surface area contributed by atoms with Gasteiger partial charge in [0.15, 0.2) is 5.76 Å². The average molecular weight is 400 g/mol. The first kappa shape index (κ1) is 17.2. The third-order valence-electron chi connectivity index (χ3n) is 2.86. The third-order valence-corrected chi connectivity index (χ3v) is 4.44. The van der Waals surface area contributed by atoms with Crippen LogP contribution in [0.3, 0.4) is 0 Å². The molecule has 0 saturated heterocycles. The maximum Gasteiger partial charge on any atom is 0.290 e. The van der Waals surface area contributed by atoms with Gasteiger partial charge in [-0.2, -0.15) is 0 Å². The fourth-order valence-electron chi connectivity index (χ4n) is 1.85. The Morgan fingerprint density at radius 1 is 0.875 bits per heavy atom. The van der Waals surface area contributed by atoms with E-state index in [0.717, 1.165) is 16.7 Å². The largest absolute Gasteiger partial charge is 0.426 e. The summed E-state index contributed by atoms with van der Waals surface area (Å²) in [6.45, 7) is 0. The lowest BCUT2D eigenvalue weighted by molar-refractivity contribution is 0.106. The summed E-state index contributed by atoms with van der Waals surface area (Å²) < 4.78 is 10.9. The van der Waals surface area contributed by atoms with Crippen LogP contribution in [-0.2, 0) is 0 Å². The Balaban J connectivity index is 1.70. The topological polar surface area (TPSA) is 39.4 Å². The average Bonchev–Trinajstić information content (AvgIpc) is 2.97. The van der Waals surface area contributed by atoms with Crippen LogP contribution in [0.2, 0.25) is 15.1 Å². The van der Waals surface area contributed by atoms with Crippen molar-refractivity contribution in [2.75, 3.05) is 0 Å². The van der Waals surface area contributed by atoms with E-state index >= 15 is 0 Å². The van der Waals surface area contributed by atoms with Gasteiger partial charge in [-0.15, -0.1) is 0 Å². The number of furan rings is 1. The van der Waals surface area contributed by atoms with E-state index < -0.39 is 0 Å². The Morgan fingerprint density at radius 3 is 2.21 bits per heavy atom. The molecule has 0 saturated carbocycles. The number of halogens is 3. The van der Waals surface area contributed by atoms with E-state index in [-0.39, 0.29) is 16.8 Å². The molecule has 0 amide bonds. The van der Waals surface area contributed by atoms with E-state index in [0.29, 0.717) is 20.8 Å². The van der Waals surface area contributed by atoms with E-state index in [1.807, 2.05) is 0 Å². The fraction of sp³-hybridized carbons (Fsp3) is 0. The van der Waals surface area contributed by atoms with Crippen LogP contribution in [0, 0.1) is 0 Å². The van der Waals surface area contributed by atoms with Gasteiger partial charge < -0.3 is 9.15 Å². The minimum atomic E-state index is -0.240. The first-order valence-electron chi connectivity index (χ1n) is 6.71. The van der Waals surface area contributed by atoms with Crippen LogP contribution in [0.25, 0.3) is 0 Å². The molecule has 2 aromatic carbocycles. The molecular weight excluding hydrogens is 391 g/mol. The van der Waals surface area contributed by atoms with Crippen LogP contribution in [0.1, 0.15) is 10.6 Å². The predicted octanol–water partition coefficient (Wildman–Crippen LogP) is 6.96. The van der Waals surface area contributed by atoms with E-state index in [9.17, 15) is 4.79 Å². The molecule has 0 aliphatic carbocycles. The summed E-state index contributed by atoms with van der Waals surface area (Å²) in [5, 5.41) is 1.26. The lowest BCUT2D eigenvalue weighted by Gasteiger charge is -2.03. The molecule has 0 radical (unpaired) electrons. The highest BCUT2D eigenvalue weighted by atomic mass is 35.5. The fourth-order valence-corrected chi connectivity index (χ4v) is 3.18. The molecule has 0 N–H and O–H groups in total. The molecule has 1 aromatic heterocycles. The van der Waals surface area contributed by atoms with Gasteiger partial charge in [-0.1, -0.05) is 34.8 Å². The van der Waals surface area contributed by atoms with Crippen molar-refractivity contribution < 1.29 is 13.9 Å². The van der Waals surface area contributed by atoms with E-state index in [4.69, 9.17) is 44.0 Å². The Bertz CT molecular complexity index is 855. The van der Waals surface area contributed by atoms with Gasteiger partial charge >= 0.3 is 0 Å². The van der Waals surface area contributed by atoms with Crippen molar-refractivity contribution in [3.05, 3.63) is 75.4 Å². The van der Waals surface area contributed by atoms with Crippen LogP contribution >= 0.6 is 46.6 Å². The van der Waals surface area contributed by atoms with Crippen molar-refractivity contribution >= 4 is 51.7 Å². The summed E-state index contributed by atoms with van der Waals surface area (Å²) in [6, 6.07) is 14.9. The molecule has 1 heterocycles. The van der Waals surface area contributed by atoms with Crippen molar-refractivity contribution in [3.8, 4) is 11.7 Å². The minimum Gasteiger partial charge on any atom is -0.426 e. The van der Waals surface area contributed by atoms with Crippen LogP contribution in [-0.4, -0.2) is 5.12 Å². The molecule has 3 aromatic rings. The zero-order chi connectivity index (χ0) is 17.1. The standard InChI is InChI=1S/C17H9Cl3O3S/c18-10-1-3-14(4-2-10)24-17(21)15-5-6-16(23-15)22-13-8-11(19)7-12(20)9-13/h1-9H. The van der Waals surface area contributed by atoms with Crippen molar-refractivity contribution in [1.82, 2.24) is 0 Å². The first-order valence-corrected chi connectivity index (χ1v) is 8.66. The molecule has 3 nitrogen and oxygen atoms in total. The van der Waals surface area contributed by atoms with Crippen molar-refractivity contribution in [2.45, 2.75) is 4.90 Å². The highest BCUT2D eigenvalue weighted by molar-refractivity contribution is 8.14. The van der Waals surface area contributed by atoms with E-state index in [2.05, 4.69) is 0 Å². The number of ether oxygens (including phenoxy) is 1. The second-order valence-corrected chi connectivity index (χ2v) is 7.02. The summed E-state index contributed by atoms with van der Waals surface area (Å²) in [4.78, 5) is 13.0. The van der Waals surface area contributed by atoms with Crippen LogP contribution in [0.15, 0.2) is 63.9 Å². The van der Waals surface area contributed by atoms with E-state index in [1.165, 1.54) is 0 Å². The van der Waals surface area contributed by atoms with Crippen molar-refractivity contribution in [1.29, 1.82) is 0 Å². The van der Waals surface area contributed by atoms with Gasteiger partial charge in [0.1, 0.15) is 5.75 Å². The SMILES string of the molecule is O=C(Sc1ccc(Cl)cc1)c1ccc(Oc2cc(Cl)cc(Cl)c2)o1.